The fourth-order valence-corrected chi connectivity index (χ4v) is 7.68. The van der Waals surface area contributed by atoms with Crippen LogP contribution in [0.15, 0.2) is 115 Å². The van der Waals surface area contributed by atoms with Gasteiger partial charge in [0.25, 0.3) is 0 Å². The van der Waals surface area contributed by atoms with E-state index >= 15 is 0 Å². The number of fused-ring (bicyclic) bond motifs is 6. The van der Waals surface area contributed by atoms with Gasteiger partial charge in [0.1, 0.15) is 0 Å². The summed E-state index contributed by atoms with van der Waals surface area (Å²) < 4.78 is 2.66. The van der Waals surface area contributed by atoms with Crippen LogP contribution in [0, 0.1) is 0 Å². The van der Waals surface area contributed by atoms with E-state index in [0.717, 1.165) is 12.8 Å². The molecule has 1 unspecified atom stereocenters. The van der Waals surface area contributed by atoms with Crippen molar-refractivity contribution in [2.45, 2.75) is 56.9 Å². The van der Waals surface area contributed by atoms with E-state index < -0.39 is 0 Å². The van der Waals surface area contributed by atoms with Crippen LogP contribution in [0.1, 0.15) is 67.2 Å². The van der Waals surface area contributed by atoms with E-state index in [2.05, 4.69) is 120 Å². The number of para-hydroxylation sites is 1. The van der Waals surface area contributed by atoms with Gasteiger partial charge in [0.05, 0.1) is 0 Å². The summed E-state index contributed by atoms with van der Waals surface area (Å²) in [4.78, 5) is 0. The zero-order valence-corrected chi connectivity index (χ0v) is 23.0. The summed E-state index contributed by atoms with van der Waals surface area (Å²) in [7, 11) is 0. The molecule has 8 rings (SSSR count). The minimum absolute atomic E-state index is 0.411. The molecular formula is C39H35N. The predicted molar refractivity (Wildman–Crippen MR) is 169 cm³/mol. The molecule has 1 aromatic heterocycles. The summed E-state index contributed by atoms with van der Waals surface area (Å²) in [5.74, 6) is 0.411. The lowest BCUT2D eigenvalue weighted by Crippen LogP contribution is -2.12. The van der Waals surface area contributed by atoms with Crippen LogP contribution in [0.3, 0.4) is 0 Å². The van der Waals surface area contributed by atoms with Crippen molar-refractivity contribution in [3.8, 4) is 22.3 Å². The van der Waals surface area contributed by atoms with Crippen molar-refractivity contribution in [2.24, 2.45) is 0 Å². The number of nitrogens with zero attached hydrogens (tertiary/aromatic N) is 1. The van der Waals surface area contributed by atoms with Gasteiger partial charge in [-0.05, 0) is 88.9 Å². The molecule has 0 saturated heterocycles. The molecule has 5 aromatic carbocycles. The Morgan fingerprint density at radius 3 is 2.15 bits per heavy atom. The van der Waals surface area contributed by atoms with Gasteiger partial charge >= 0.3 is 0 Å². The van der Waals surface area contributed by atoms with Gasteiger partial charge in [0, 0.05) is 33.8 Å². The van der Waals surface area contributed by atoms with E-state index in [4.69, 9.17) is 0 Å². The van der Waals surface area contributed by atoms with Crippen LogP contribution < -0.4 is 0 Å². The molecule has 196 valence electrons. The monoisotopic (exact) mass is 517 g/mol. The first-order valence-electron chi connectivity index (χ1n) is 15.2. The Balaban J connectivity index is 1.29. The third-order valence-corrected chi connectivity index (χ3v) is 9.62. The average molecular weight is 518 g/mol. The normalized spacial score (nSPS) is 17.4. The summed E-state index contributed by atoms with van der Waals surface area (Å²) in [6.45, 7) is 0. The summed E-state index contributed by atoms with van der Waals surface area (Å²) in [6.07, 6.45) is 8.90. The Bertz CT molecular complexity index is 1830. The molecule has 1 heteroatoms. The summed E-state index contributed by atoms with van der Waals surface area (Å²) in [5.41, 5.74) is 12.5. The van der Waals surface area contributed by atoms with E-state index in [-0.39, 0.29) is 0 Å². The molecule has 1 nitrogen and oxygen atoms in total. The van der Waals surface area contributed by atoms with Gasteiger partial charge in [-0.2, -0.15) is 0 Å². The van der Waals surface area contributed by atoms with E-state index in [1.54, 1.807) is 0 Å². The van der Waals surface area contributed by atoms with E-state index in [1.165, 1.54) is 92.9 Å². The summed E-state index contributed by atoms with van der Waals surface area (Å²) in [6, 6.07) is 44.2. The molecule has 0 amide bonds. The molecule has 1 heterocycles. The molecular weight excluding hydrogens is 482 g/mol. The molecule has 0 bridgehead atoms. The Morgan fingerprint density at radius 2 is 1.25 bits per heavy atom. The zero-order valence-electron chi connectivity index (χ0n) is 23.0. The van der Waals surface area contributed by atoms with Crippen molar-refractivity contribution in [1.29, 1.82) is 0 Å². The average Bonchev–Trinajstić information content (AvgIpc) is 3.26. The van der Waals surface area contributed by atoms with Crippen LogP contribution in [0.25, 0.3) is 44.1 Å². The van der Waals surface area contributed by atoms with Gasteiger partial charge in [-0.3, -0.25) is 0 Å². The van der Waals surface area contributed by atoms with Crippen molar-refractivity contribution < 1.29 is 0 Å². The lowest BCUT2D eigenvalue weighted by Gasteiger charge is -2.25. The second-order valence-corrected chi connectivity index (χ2v) is 11.9. The molecule has 6 aromatic rings. The molecule has 1 fully saturated rings. The highest BCUT2D eigenvalue weighted by molar-refractivity contribution is 6.09. The minimum Gasteiger partial charge on any atom is -0.337 e. The number of aryl methyl sites for hydroxylation is 1. The van der Waals surface area contributed by atoms with Crippen LogP contribution in [0.4, 0.5) is 0 Å². The molecule has 40 heavy (non-hydrogen) atoms. The van der Waals surface area contributed by atoms with Crippen LogP contribution in [-0.4, -0.2) is 4.57 Å². The molecule has 1 atom stereocenters. The predicted octanol–water partition coefficient (Wildman–Crippen LogP) is 10.7. The number of benzene rings is 5. The second-order valence-electron chi connectivity index (χ2n) is 11.9. The Hall–Kier alpha value is -4.10. The van der Waals surface area contributed by atoms with Gasteiger partial charge in [-0.1, -0.05) is 110 Å². The van der Waals surface area contributed by atoms with Gasteiger partial charge in [-0.15, -0.1) is 0 Å². The minimum atomic E-state index is 0.411. The van der Waals surface area contributed by atoms with Gasteiger partial charge in [0.15, 0.2) is 0 Å². The smallest absolute Gasteiger partial charge is 0.0494 e. The molecule has 1 saturated carbocycles. The fraction of sp³-hybridized carbons (Fsp3) is 0.231. The Morgan fingerprint density at radius 1 is 0.525 bits per heavy atom. The number of hydrogen-bond donors (Lipinski definition) is 0. The summed E-state index contributed by atoms with van der Waals surface area (Å²) >= 11 is 0. The number of rotatable bonds is 3. The summed E-state index contributed by atoms with van der Waals surface area (Å²) in [5, 5.41) is 2.77. The molecule has 2 aliphatic rings. The van der Waals surface area contributed by atoms with Gasteiger partial charge < -0.3 is 4.57 Å². The van der Waals surface area contributed by atoms with Crippen LogP contribution >= 0.6 is 0 Å². The highest BCUT2D eigenvalue weighted by Gasteiger charge is 2.25. The van der Waals surface area contributed by atoms with E-state index in [1.807, 2.05) is 0 Å². The second kappa shape index (κ2) is 9.82. The molecule has 0 N–H and O–H groups in total. The van der Waals surface area contributed by atoms with Crippen LogP contribution in [0.5, 0.6) is 0 Å². The van der Waals surface area contributed by atoms with Crippen molar-refractivity contribution in [3.63, 3.8) is 0 Å². The number of hydrogen-bond acceptors (Lipinski definition) is 0. The quantitative estimate of drug-likeness (QED) is 0.220. The van der Waals surface area contributed by atoms with Crippen molar-refractivity contribution >= 4 is 21.8 Å². The first-order valence-corrected chi connectivity index (χ1v) is 15.2. The van der Waals surface area contributed by atoms with Crippen molar-refractivity contribution in [1.82, 2.24) is 4.57 Å². The van der Waals surface area contributed by atoms with E-state index in [0.29, 0.717) is 12.0 Å². The lowest BCUT2D eigenvalue weighted by atomic mass is 9.84. The van der Waals surface area contributed by atoms with Crippen molar-refractivity contribution in [3.05, 3.63) is 132 Å². The first-order chi connectivity index (χ1) is 19.8. The topological polar surface area (TPSA) is 4.93 Å². The molecule has 0 radical (unpaired) electrons. The highest BCUT2D eigenvalue weighted by atomic mass is 15.0. The van der Waals surface area contributed by atoms with Crippen LogP contribution in [0.2, 0.25) is 0 Å². The van der Waals surface area contributed by atoms with E-state index in [9.17, 15) is 0 Å². The maximum atomic E-state index is 2.66. The molecule has 0 spiro atoms. The highest BCUT2D eigenvalue weighted by Crippen LogP contribution is 2.44. The van der Waals surface area contributed by atoms with Gasteiger partial charge in [0.2, 0.25) is 0 Å². The third-order valence-electron chi connectivity index (χ3n) is 9.62. The third kappa shape index (κ3) is 3.91. The largest absolute Gasteiger partial charge is 0.337 e. The zero-order chi connectivity index (χ0) is 26.5. The molecule has 0 aliphatic heterocycles. The first kappa shape index (κ1) is 23.8. The van der Waals surface area contributed by atoms with Crippen LogP contribution in [-0.2, 0) is 6.42 Å². The van der Waals surface area contributed by atoms with Gasteiger partial charge in [-0.25, -0.2) is 0 Å². The maximum absolute atomic E-state index is 2.66. The van der Waals surface area contributed by atoms with Crippen molar-refractivity contribution in [2.75, 3.05) is 0 Å². The molecule has 2 aliphatic carbocycles. The lowest BCUT2D eigenvalue weighted by molar-refractivity contribution is 0.367. The Labute approximate surface area is 237 Å². The maximum Gasteiger partial charge on any atom is 0.0494 e. The Kier molecular flexibility index (Phi) is 5.83. The SMILES string of the molecule is c1ccc(C2CCc3ccccc3-c3cc(-c4ccc5c(c4)c4ccccc4n5C4CCCCC4)ccc32)cc1. The fourth-order valence-electron chi connectivity index (χ4n) is 7.68. The standard InChI is InChI=1S/C39H35N/c1-3-11-27(12-4-1)33-22-19-28-13-7-8-16-32(28)36-25-29(20-23-34(33)36)30-21-24-39-37(26-30)35-17-9-10-18-38(35)40(39)31-14-5-2-6-15-31/h1,3-4,7-13,16-18,20-21,23-26,31,33H,2,5-6,14-15,19,22H2. The number of aromatic nitrogens is 1.